The largest absolute Gasteiger partial charge is 0.488 e. The summed E-state index contributed by atoms with van der Waals surface area (Å²) >= 11 is 0. The van der Waals surface area contributed by atoms with Gasteiger partial charge in [0.2, 0.25) is 0 Å². The third-order valence-corrected chi connectivity index (χ3v) is 2.62. The van der Waals surface area contributed by atoms with Crippen LogP contribution in [0, 0.1) is 0 Å². The van der Waals surface area contributed by atoms with Crippen LogP contribution in [0.3, 0.4) is 0 Å². The van der Waals surface area contributed by atoms with E-state index in [1.54, 1.807) is 6.92 Å². The van der Waals surface area contributed by atoms with Gasteiger partial charge in [0, 0.05) is 0 Å². The van der Waals surface area contributed by atoms with Crippen molar-refractivity contribution in [2.75, 3.05) is 6.54 Å². The number of hydrogen-bond acceptors (Lipinski definition) is 3. The van der Waals surface area contributed by atoms with Crippen LogP contribution in [0.5, 0.6) is 5.75 Å². The maximum atomic E-state index is 9.40. The Morgan fingerprint density at radius 3 is 2.62 bits per heavy atom. The van der Waals surface area contributed by atoms with Gasteiger partial charge in [0.1, 0.15) is 11.9 Å². The van der Waals surface area contributed by atoms with Gasteiger partial charge in [-0.15, -0.1) is 0 Å². The van der Waals surface area contributed by atoms with E-state index in [4.69, 9.17) is 10.5 Å². The lowest BCUT2D eigenvalue weighted by molar-refractivity contribution is 0.0598. The number of nitrogens with two attached hydrogens (primary N) is 1. The first kappa shape index (κ1) is 13.0. The first-order valence-corrected chi connectivity index (χ1v) is 5.78. The van der Waals surface area contributed by atoms with E-state index < -0.39 is 6.10 Å². The van der Waals surface area contributed by atoms with Crippen molar-refractivity contribution in [2.24, 2.45) is 5.73 Å². The Bertz CT molecular complexity index is 313. The van der Waals surface area contributed by atoms with Gasteiger partial charge in [-0.1, -0.05) is 18.2 Å². The average molecular weight is 223 g/mol. The fourth-order valence-corrected chi connectivity index (χ4v) is 1.42. The molecule has 1 aromatic carbocycles. The molecule has 0 saturated carbocycles. The third-order valence-electron chi connectivity index (χ3n) is 2.62. The summed E-state index contributed by atoms with van der Waals surface area (Å²) in [6.45, 7) is 4.28. The number of ether oxygens (including phenoxy) is 1. The zero-order valence-corrected chi connectivity index (χ0v) is 10.0. The minimum Gasteiger partial charge on any atom is -0.488 e. The molecule has 0 fully saturated rings. The molecule has 0 unspecified atom stereocenters. The van der Waals surface area contributed by atoms with Gasteiger partial charge in [-0.05, 0) is 44.9 Å². The van der Waals surface area contributed by atoms with Gasteiger partial charge in [-0.25, -0.2) is 0 Å². The molecule has 1 rings (SSSR count). The Morgan fingerprint density at radius 1 is 1.31 bits per heavy atom. The molecule has 0 amide bonds. The fourth-order valence-electron chi connectivity index (χ4n) is 1.42. The van der Waals surface area contributed by atoms with Crippen molar-refractivity contribution < 1.29 is 9.84 Å². The summed E-state index contributed by atoms with van der Waals surface area (Å²) in [7, 11) is 0. The molecule has 3 N–H and O–H groups in total. The number of aryl methyl sites for hydroxylation is 1. The molecular weight excluding hydrogens is 202 g/mol. The van der Waals surface area contributed by atoms with E-state index in [0.717, 1.165) is 24.2 Å². The highest BCUT2D eigenvalue weighted by Crippen LogP contribution is 2.21. The van der Waals surface area contributed by atoms with Crippen molar-refractivity contribution >= 4 is 0 Å². The fraction of sp³-hybridized carbons (Fsp3) is 0.538. The molecule has 3 heteroatoms. The van der Waals surface area contributed by atoms with Crippen molar-refractivity contribution in [1.29, 1.82) is 0 Å². The Balaban J connectivity index is 2.70. The monoisotopic (exact) mass is 223 g/mol. The van der Waals surface area contributed by atoms with Gasteiger partial charge in [0.05, 0.1) is 6.10 Å². The van der Waals surface area contributed by atoms with Crippen molar-refractivity contribution in [3.63, 3.8) is 0 Å². The van der Waals surface area contributed by atoms with Crippen LogP contribution in [0.1, 0.15) is 25.8 Å². The Kier molecular flexibility index (Phi) is 5.29. The molecule has 0 aliphatic carbocycles. The van der Waals surface area contributed by atoms with E-state index in [1.807, 2.05) is 31.2 Å². The second-order valence-corrected chi connectivity index (χ2v) is 4.06. The van der Waals surface area contributed by atoms with Crippen LogP contribution in [0.15, 0.2) is 24.3 Å². The van der Waals surface area contributed by atoms with E-state index in [-0.39, 0.29) is 6.10 Å². The van der Waals surface area contributed by atoms with Crippen LogP contribution in [-0.4, -0.2) is 23.9 Å². The van der Waals surface area contributed by atoms with Crippen molar-refractivity contribution in [3.05, 3.63) is 29.8 Å². The van der Waals surface area contributed by atoms with E-state index in [0.29, 0.717) is 6.54 Å². The standard InChI is InChI=1S/C13H21NO2/c1-10(15)11(2)16-13-8-4-3-6-12(13)7-5-9-14/h3-4,6,8,10-11,15H,5,7,9,14H2,1-2H3/t10-,11+/m0/s1. The molecule has 1 aromatic rings. The maximum absolute atomic E-state index is 9.40. The van der Waals surface area contributed by atoms with Gasteiger partial charge in [-0.2, -0.15) is 0 Å². The molecule has 0 aromatic heterocycles. The lowest BCUT2D eigenvalue weighted by Gasteiger charge is -2.19. The number of benzene rings is 1. The van der Waals surface area contributed by atoms with Crippen LogP contribution >= 0.6 is 0 Å². The predicted octanol–water partition coefficient (Wildman–Crippen LogP) is 1.73. The summed E-state index contributed by atoms with van der Waals surface area (Å²) in [6.07, 6.45) is 1.20. The highest BCUT2D eigenvalue weighted by Gasteiger charge is 2.12. The quantitative estimate of drug-likeness (QED) is 0.772. The first-order chi connectivity index (χ1) is 7.65. The normalized spacial score (nSPS) is 14.5. The Morgan fingerprint density at radius 2 is 2.00 bits per heavy atom. The van der Waals surface area contributed by atoms with Crippen LogP contribution in [-0.2, 0) is 6.42 Å². The molecule has 0 radical (unpaired) electrons. The maximum Gasteiger partial charge on any atom is 0.123 e. The number of aliphatic hydroxyl groups is 1. The zero-order chi connectivity index (χ0) is 12.0. The minimum atomic E-state index is -0.470. The SMILES string of the molecule is C[C@H](O)[C@@H](C)Oc1ccccc1CCCN. The molecule has 0 aliphatic rings. The molecule has 3 nitrogen and oxygen atoms in total. The van der Waals surface area contributed by atoms with Crippen LogP contribution in [0.25, 0.3) is 0 Å². The number of rotatable bonds is 6. The lowest BCUT2D eigenvalue weighted by Crippen LogP contribution is -2.26. The van der Waals surface area contributed by atoms with Crippen LogP contribution in [0.4, 0.5) is 0 Å². The third kappa shape index (κ3) is 3.83. The topological polar surface area (TPSA) is 55.5 Å². The Hall–Kier alpha value is -1.06. The van der Waals surface area contributed by atoms with Crippen molar-refractivity contribution in [3.8, 4) is 5.75 Å². The minimum absolute atomic E-state index is 0.195. The predicted molar refractivity (Wildman–Crippen MR) is 65.6 cm³/mol. The summed E-state index contributed by atoms with van der Waals surface area (Å²) in [4.78, 5) is 0. The molecular formula is C13H21NO2. The van der Waals surface area contributed by atoms with Crippen LogP contribution in [0.2, 0.25) is 0 Å². The number of aliphatic hydroxyl groups excluding tert-OH is 1. The van der Waals surface area contributed by atoms with Gasteiger partial charge >= 0.3 is 0 Å². The molecule has 90 valence electrons. The van der Waals surface area contributed by atoms with E-state index in [2.05, 4.69) is 0 Å². The zero-order valence-electron chi connectivity index (χ0n) is 10.0. The van der Waals surface area contributed by atoms with Crippen molar-refractivity contribution in [2.45, 2.75) is 38.9 Å². The highest BCUT2D eigenvalue weighted by molar-refractivity contribution is 5.33. The summed E-state index contributed by atoms with van der Waals surface area (Å²) < 4.78 is 5.71. The first-order valence-electron chi connectivity index (χ1n) is 5.78. The van der Waals surface area contributed by atoms with E-state index >= 15 is 0 Å². The molecule has 0 saturated heterocycles. The van der Waals surface area contributed by atoms with Crippen LogP contribution < -0.4 is 10.5 Å². The second kappa shape index (κ2) is 6.51. The van der Waals surface area contributed by atoms with E-state index in [9.17, 15) is 5.11 Å². The molecule has 2 atom stereocenters. The summed E-state index contributed by atoms with van der Waals surface area (Å²) in [6, 6.07) is 7.91. The smallest absolute Gasteiger partial charge is 0.123 e. The average Bonchev–Trinajstić information content (AvgIpc) is 2.27. The number of para-hydroxylation sites is 1. The van der Waals surface area contributed by atoms with Gasteiger partial charge in [0.15, 0.2) is 0 Å². The van der Waals surface area contributed by atoms with Gasteiger partial charge in [0.25, 0.3) is 0 Å². The lowest BCUT2D eigenvalue weighted by atomic mass is 10.1. The summed E-state index contributed by atoms with van der Waals surface area (Å²) in [5.41, 5.74) is 6.65. The number of hydrogen-bond donors (Lipinski definition) is 2. The molecule has 0 bridgehead atoms. The summed E-state index contributed by atoms with van der Waals surface area (Å²) in [5.74, 6) is 0.851. The summed E-state index contributed by atoms with van der Waals surface area (Å²) in [5, 5.41) is 9.40. The Labute approximate surface area is 97.2 Å². The molecule has 0 aliphatic heterocycles. The molecule has 0 spiro atoms. The highest BCUT2D eigenvalue weighted by atomic mass is 16.5. The molecule has 0 heterocycles. The van der Waals surface area contributed by atoms with Crippen molar-refractivity contribution in [1.82, 2.24) is 0 Å². The van der Waals surface area contributed by atoms with E-state index in [1.165, 1.54) is 0 Å². The van der Waals surface area contributed by atoms with Gasteiger partial charge in [-0.3, -0.25) is 0 Å². The van der Waals surface area contributed by atoms with Gasteiger partial charge < -0.3 is 15.6 Å². The second-order valence-electron chi connectivity index (χ2n) is 4.06. The molecule has 16 heavy (non-hydrogen) atoms.